The Morgan fingerprint density at radius 1 is 1.10 bits per heavy atom. The molecule has 1 atom stereocenters. The fourth-order valence-corrected chi connectivity index (χ4v) is 4.19. The zero-order valence-corrected chi connectivity index (χ0v) is 15.7. The first kappa shape index (κ1) is 17.3. The number of rotatable bonds is 7. The van der Waals surface area contributed by atoms with Crippen LogP contribution in [0, 0.1) is 15.4 Å². The fourth-order valence-electron chi connectivity index (χ4n) is 3.83. The second-order valence-electron chi connectivity index (χ2n) is 6.56. The lowest BCUT2D eigenvalue weighted by atomic mass is 9.76. The summed E-state index contributed by atoms with van der Waals surface area (Å²) in [5.74, 6) is 1.88. The number of halogens is 1. The number of nitrogens with one attached hydrogen (secondary N) is 1. The maximum Gasteiger partial charge on any atom is 0.0136 e. The minimum absolute atomic E-state index is 0.664. The summed E-state index contributed by atoms with van der Waals surface area (Å²) >= 11 is 2.38. The van der Waals surface area contributed by atoms with Crippen LogP contribution in [0.2, 0.25) is 0 Å². The molecule has 1 N–H and O–H groups in total. The van der Waals surface area contributed by atoms with Crippen molar-refractivity contribution < 1.29 is 0 Å². The van der Waals surface area contributed by atoms with E-state index in [9.17, 15) is 0 Å². The van der Waals surface area contributed by atoms with Gasteiger partial charge >= 0.3 is 0 Å². The van der Waals surface area contributed by atoms with Gasteiger partial charge in [0.2, 0.25) is 0 Å². The van der Waals surface area contributed by atoms with Gasteiger partial charge in [-0.3, -0.25) is 0 Å². The Hall–Kier alpha value is -0.0900. The fraction of sp³-hybridized carbons (Fsp3) is 0.684. The third kappa shape index (κ3) is 5.55. The van der Waals surface area contributed by atoms with Gasteiger partial charge in [-0.1, -0.05) is 51.7 Å². The van der Waals surface area contributed by atoms with Gasteiger partial charge in [-0.05, 0) is 77.9 Å². The molecule has 1 saturated carbocycles. The molecule has 0 spiro atoms. The number of hydrogen-bond donors (Lipinski definition) is 1. The third-order valence-corrected chi connectivity index (χ3v) is 5.71. The first-order chi connectivity index (χ1) is 10.2. The van der Waals surface area contributed by atoms with E-state index >= 15 is 0 Å². The van der Waals surface area contributed by atoms with E-state index in [4.69, 9.17) is 0 Å². The van der Waals surface area contributed by atoms with Gasteiger partial charge in [0, 0.05) is 9.61 Å². The predicted molar refractivity (Wildman–Crippen MR) is 101 cm³/mol. The Labute approximate surface area is 144 Å². The SMILES string of the molecule is CCCC1CCC(C(Cc2ccc(I)cc2)NCC)CC1. The first-order valence-electron chi connectivity index (χ1n) is 8.70. The van der Waals surface area contributed by atoms with E-state index in [1.807, 2.05) is 0 Å². The normalized spacial score (nSPS) is 24.0. The minimum atomic E-state index is 0.664. The lowest BCUT2D eigenvalue weighted by molar-refractivity contribution is 0.213. The molecule has 0 amide bonds. The second kappa shape index (κ2) is 9.14. The zero-order chi connectivity index (χ0) is 15.1. The summed E-state index contributed by atoms with van der Waals surface area (Å²) < 4.78 is 1.33. The highest BCUT2D eigenvalue weighted by Crippen LogP contribution is 2.34. The Kier molecular flexibility index (Phi) is 7.51. The van der Waals surface area contributed by atoms with Crippen LogP contribution < -0.4 is 5.32 Å². The van der Waals surface area contributed by atoms with Gasteiger partial charge in [-0.2, -0.15) is 0 Å². The summed E-state index contributed by atoms with van der Waals surface area (Å²) in [6.45, 7) is 5.65. The standard InChI is InChI=1S/C19H30IN/c1-3-5-15-6-10-17(11-7-15)19(21-4-2)14-16-8-12-18(20)13-9-16/h8-9,12-13,15,17,19,21H,3-7,10-11,14H2,1-2H3. The Morgan fingerprint density at radius 2 is 1.76 bits per heavy atom. The lowest BCUT2D eigenvalue weighted by Gasteiger charge is -2.34. The molecule has 1 aromatic rings. The Bertz CT molecular complexity index is 393. The van der Waals surface area contributed by atoms with Crippen LogP contribution in [0.4, 0.5) is 0 Å². The third-order valence-electron chi connectivity index (χ3n) is 4.99. The van der Waals surface area contributed by atoms with Crippen molar-refractivity contribution in [3.8, 4) is 0 Å². The van der Waals surface area contributed by atoms with Crippen molar-refractivity contribution in [3.63, 3.8) is 0 Å². The summed E-state index contributed by atoms with van der Waals surface area (Å²) in [7, 11) is 0. The largest absolute Gasteiger partial charge is 0.314 e. The lowest BCUT2D eigenvalue weighted by Crippen LogP contribution is -2.39. The van der Waals surface area contributed by atoms with Crippen molar-refractivity contribution in [2.75, 3.05) is 6.54 Å². The molecule has 0 bridgehead atoms. The highest BCUT2D eigenvalue weighted by atomic mass is 127. The second-order valence-corrected chi connectivity index (χ2v) is 7.81. The van der Waals surface area contributed by atoms with E-state index in [0.717, 1.165) is 18.4 Å². The summed E-state index contributed by atoms with van der Waals surface area (Å²) in [4.78, 5) is 0. The van der Waals surface area contributed by atoms with Crippen molar-refractivity contribution in [3.05, 3.63) is 33.4 Å². The van der Waals surface area contributed by atoms with Gasteiger partial charge in [0.05, 0.1) is 0 Å². The van der Waals surface area contributed by atoms with Crippen LogP contribution in [0.1, 0.15) is 57.9 Å². The van der Waals surface area contributed by atoms with Crippen LogP contribution in [0.5, 0.6) is 0 Å². The quantitative estimate of drug-likeness (QED) is 0.604. The first-order valence-corrected chi connectivity index (χ1v) is 9.78. The molecular formula is C19H30IN. The molecule has 0 radical (unpaired) electrons. The van der Waals surface area contributed by atoms with Crippen molar-refractivity contribution in [1.82, 2.24) is 5.32 Å². The monoisotopic (exact) mass is 399 g/mol. The molecule has 1 nitrogen and oxygen atoms in total. The Balaban J connectivity index is 1.91. The highest BCUT2D eigenvalue weighted by molar-refractivity contribution is 14.1. The molecule has 0 aliphatic heterocycles. The van der Waals surface area contributed by atoms with Gasteiger partial charge < -0.3 is 5.32 Å². The molecule has 2 heteroatoms. The maximum absolute atomic E-state index is 3.76. The molecule has 1 fully saturated rings. The molecule has 0 aromatic heterocycles. The average molecular weight is 399 g/mol. The van der Waals surface area contributed by atoms with E-state index in [1.165, 1.54) is 54.1 Å². The molecule has 1 unspecified atom stereocenters. The maximum atomic E-state index is 3.76. The summed E-state index contributed by atoms with van der Waals surface area (Å²) in [5.41, 5.74) is 1.48. The van der Waals surface area contributed by atoms with Gasteiger partial charge in [-0.15, -0.1) is 0 Å². The van der Waals surface area contributed by atoms with Crippen LogP contribution >= 0.6 is 22.6 Å². The molecule has 118 valence electrons. The molecule has 1 aromatic carbocycles. The minimum Gasteiger partial charge on any atom is -0.314 e. The summed E-state index contributed by atoms with van der Waals surface area (Å²) in [6.07, 6.45) is 9.73. The number of hydrogen-bond acceptors (Lipinski definition) is 1. The van der Waals surface area contributed by atoms with E-state index in [0.29, 0.717) is 6.04 Å². The van der Waals surface area contributed by atoms with E-state index in [1.54, 1.807) is 0 Å². The van der Waals surface area contributed by atoms with Crippen molar-refractivity contribution >= 4 is 22.6 Å². The zero-order valence-electron chi connectivity index (χ0n) is 13.6. The van der Waals surface area contributed by atoms with Gasteiger partial charge in [0.25, 0.3) is 0 Å². The topological polar surface area (TPSA) is 12.0 Å². The molecule has 21 heavy (non-hydrogen) atoms. The van der Waals surface area contributed by atoms with Crippen LogP contribution in [-0.2, 0) is 6.42 Å². The van der Waals surface area contributed by atoms with Crippen LogP contribution in [0.25, 0.3) is 0 Å². The van der Waals surface area contributed by atoms with Crippen LogP contribution in [-0.4, -0.2) is 12.6 Å². The van der Waals surface area contributed by atoms with Gasteiger partial charge in [0.1, 0.15) is 0 Å². The van der Waals surface area contributed by atoms with Gasteiger partial charge in [-0.25, -0.2) is 0 Å². The predicted octanol–water partition coefficient (Wildman–Crippen LogP) is 5.42. The number of likely N-dealkylation sites (N-methyl/N-ethyl adjacent to an activating group) is 1. The van der Waals surface area contributed by atoms with Crippen molar-refractivity contribution in [2.24, 2.45) is 11.8 Å². The molecule has 0 saturated heterocycles. The van der Waals surface area contributed by atoms with E-state index in [2.05, 4.69) is 66.0 Å². The van der Waals surface area contributed by atoms with Crippen LogP contribution in [0.3, 0.4) is 0 Å². The smallest absolute Gasteiger partial charge is 0.0136 e. The van der Waals surface area contributed by atoms with Gasteiger partial charge in [0.15, 0.2) is 0 Å². The average Bonchev–Trinajstić information content (AvgIpc) is 2.50. The molecule has 0 heterocycles. The van der Waals surface area contributed by atoms with Crippen LogP contribution in [0.15, 0.2) is 24.3 Å². The Morgan fingerprint density at radius 3 is 2.33 bits per heavy atom. The number of benzene rings is 1. The van der Waals surface area contributed by atoms with Crippen molar-refractivity contribution in [2.45, 2.75) is 64.8 Å². The molecule has 1 aliphatic carbocycles. The molecular weight excluding hydrogens is 369 g/mol. The molecule has 2 rings (SSSR count). The summed E-state index contributed by atoms with van der Waals surface area (Å²) in [5, 5.41) is 3.76. The van der Waals surface area contributed by atoms with E-state index < -0.39 is 0 Å². The highest BCUT2D eigenvalue weighted by Gasteiger charge is 2.26. The summed E-state index contributed by atoms with van der Waals surface area (Å²) in [6, 6.07) is 9.73. The van der Waals surface area contributed by atoms with E-state index in [-0.39, 0.29) is 0 Å². The van der Waals surface area contributed by atoms with Crippen molar-refractivity contribution in [1.29, 1.82) is 0 Å². The molecule has 1 aliphatic rings.